The van der Waals surface area contributed by atoms with E-state index in [2.05, 4.69) is 5.32 Å². The van der Waals surface area contributed by atoms with Gasteiger partial charge in [0.1, 0.15) is 12.1 Å². The van der Waals surface area contributed by atoms with Crippen molar-refractivity contribution in [3.63, 3.8) is 0 Å². The smallest absolute Gasteiger partial charge is 0.246 e. The first-order valence-corrected chi connectivity index (χ1v) is 7.85. The van der Waals surface area contributed by atoms with Gasteiger partial charge in [-0.15, -0.1) is 11.3 Å². The van der Waals surface area contributed by atoms with Gasteiger partial charge in [-0.1, -0.05) is 33.8 Å². The number of nitrogens with zero attached hydrogens (tertiary/aromatic N) is 1. The molecule has 0 aliphatic carbocycles. The molecule has 0 saturated carbocycles. The van der Waals surface area contributed by atoms with Crippen LogP contribution in [0.3, 0.4) is 0 Å². The minimum atomic E-state index is -0.447. The zero-order chi connectivity index (χ0) is 14.9. The quantitative estimate of drug-likeness (QED) is 0.930. The molecule has 2 atom stereocenters. The molecule has 1 aliphatic rings. The molecule has 1 N–H and O–H groups in total. The van der Waals surface area contributed by atoms with Crippen molar-refractivity contribution in [1.29, 1.82) is 0 Å². The predicted molar refractivity (Wildman–Crippen MR) is 80.3 cm³/mol. The Kier molecular flexibility index (Phi) is 4.18. The van der Waals surface area contributed by atoms with E-state index in [0.717, 1.165) is 4.88 Å². The van der Waals surface area contributed by atoms with Crippen molar-refractivity contribution < 1.29 is 9.59 Å². The Morgan fingerprint density at radius 2 is 2.05 bits per heavy atom. The van der Waals surface area contributed by atoms with Crippen LogP contribution in [0.25, 0.3) is 0 Å². The molecular weight excluding hydrogens is 272 g/mol. The average molecular weight is 294 g/mol. The number of nitrogens with one attached hydrogen (secondary N) is 1. The first-order valence-electron chi connectivity index (χ1n) is 6.98. The minimum Gasteiger partial charge on any atom is -0.342 e. The molecule has 2 rings (SSSR count). The van der Waals surface area contributed by atoms with E-state index >= 15 is 0 Å². The van der Waals surface area contributed by atoms with E-state index in [0.29, 0.717) is 13.0 Å². The lowest BCUT2D eigenvalue weighted by Gasteiger charge is -2.43. The number of amides is 2. The summed E-state index contributed by atoms with van der Waals surface area (Å²) >= 11 is 1.62. The summed E-state index contributed by atoms with van der Waals surface area (Å²) in [4.78, 5) is 27.8. The van der Waals surface area contributed by atoms with Gasteiger partial charge in [0.25, 0.3) is 0 Å². The van der Waals surface area contributed by atoms with Crippen molar-refractivity contribution in [3.8, 4) is 0 Å². The second-order valence-electron chi connectivity index (χ2n) is 6.28. The second-order valence-corrected chi connectivity index (χ2v) is 7.31. The third-order valence-corrected chi connectivity index (χ3v) is 4.52. The van der Waals surface area contributed by atoms with Crippen molar-refractivity contribution in [2.75, 3.05) is 0 Å². The molecule has 20 heavy (non-hydrogen) atoms. The molecule has 2 amide bonds. The van der Waals surface area contributed by atoms with Crippen molar-refractivity contribution in [1.82, 2.24) is 10.2 Å². The molecule has 1 aliphatic heterocycles. The van der Waals surface area contributed by atoms with Gasteiger partial charge < -0.3 is 10.2 Å². The van der Waals surface area contributed by atoms with Crippen LogP contribution in [-0.2, 0) is 16.1 Å². The van der Waals surface area contributed by atoms with Crippen LogP contribution < -0.4 is 5.32 Å². The highest BCUT2D eigenvalue weighted by molar-refractivity contribution is 7.09. The minimum absolute atomic E-state index is 0.0253. The fourth-order valence-corrected chi connectivity index (χ4v) is 3.22. The third kappa shape index (κ3) is 2.87. The summed E-state index contributed by atoms with van der Waals surface area (Å²) < 4.78 is 0. The van der Waals surface area contributed by atoms with Gasteiger partial charge in [-0.2, -0.15) is 0 Å². The average Bonchev–Trinajstić information content (AvgIpc) is 2.85. The fraction of sp³-hybridized carbons (Fsp3) is 0.600. The van der Waals surface area contributed by atoms with Crippen molar-refractivity contribution in [3.05, 3.63) is 22.4 Å². The van der Waals surface area contributed by atoms with Crippen LogP contribution in [-0.4, -0.2) is 28.8 Å². The molecule has 1 fully saturated rings. The number of piperazine rings is 1. The van der Waals surface area contributed by atoms with Gasteiger partial charge in [0.2, 0.25) is 11.8 Å². The molecule has 0 bridgehead atoms. The summed E-state index contributed by atoms with van der Waals surface area (Å²) in [5, 5.41) is 4.88. The highest BCUT2D eigenvalue weighted by Crippen LogP contribution is 2.27. The molecule has 2 unspecified atom stereocenters. The Hall–Kier alpha value is -1.36. The molecule has 1 aromatic rings. The molecule has 1 saturated heterocycles. The highest BCUT2D eigenvalue weighted by atomic mass is 32.1. The maximum Gasteiger partial charge on any atom is 0.246 e. The fourth-order valence-electron chi connectivity index (χ4n) is 2.51. The largest absolute Gasteiger partial charge is 0.342 e. The Morgan fingerprint density at radius 1 is 1.35 bits per heavy atom. The van der Waals surface area contributed by atoms with E-state index in [-0.39, 0.29) is 23.3 Å². The number of carbonyl (C=O) groups is 2. The third-order valence-electron chi connectivity index (χ3n) is 3.65. The Balaban J connectivity index is 2.28. The number of thiophene rings is 1. The number of hydrogen-bond acceptors (Lipinski definition) is 3. The summed E-state index contributed by atoms with van der Waals surface area (Å²) in [6, 6.07) is 3.17. The number of hydrogen-bond donors (Lipinski definition) is 1. The SMILES string of the molecule is CCC1C(=O)NC(C(C)(C)C)C(=O)N1Cc1cccs1. The van der Waals surface area contributed by atoms with Crippen molar-refractivity contribution in [2.45, 2.75) is 52.7 Å². The van der Waals surface area contributed by atoms with E-state index in [1.165, 1.54) is 0 Å². The zero-order valence-corrected chi connectivity index (χ0v) is 13.3. The van der Waals surface area contributed by atoms with Crippen molar-refractivity contribution >= 4 is 23.2 Å². The topological polar surface area (TPSA) is 49.4 Å². The van der Waals surface area contributed by atoms with E-state index in [1.807, 2.05) is 45.2 Å². The van der Waals surface area contributed by atoms with Crippen LogP contribution in [0.5, 0.6) is 0 Å². The van der Waals surface area contributed by atoms with Gasteiger partial charge in [0.05, 0.1) is 6.54 Å². The Bertz CT molecular complexity index is 490. The van der Waals surface area contributed by atoms with Gasteiger partial charge in [0, 0.05) is 4.88 Å². The van der Waals surface area contributed by atoms with Crippen LogP contribution >= 0.6 is 11.3 Å². The molecule has 0 spiro atoms. The van der Waals surface area contributed by atoms with Gasteiger partial charge in [-0.05, 0) is 23.3 Å². The molecule has 1 aromatic heterocycles. The first kappa shape index (κ1) is 15.0. The van der Waals surface area contributed by atoms with Gasteiger partial charge >= 0.3 is 0 Å². The van der Waals surface area contributed by atoms with Crippen LogP contribution in [0.1, 0.15) is 39.0 Å². The molecule has 2 heterocycles. The molecular formula is C15H22N2O2S. The van der Waals surface area contributed by atoms with E-state index < -0.39 is 6.04 Å². The molecule has 110 valence electrons. The summed E-state index contributed by atoms with van der Waals surface area (Å²) in [7, 11) is 0. The first-order chi connectivity index (χ1) is 9.34. The van der Waals surface area contributed by atoms with E-state index in [1.54, 1.807) is 16.2 Å². The van der Waals surface area contributed by atoms with E-state index in [9.17, 15) is 9.59 Å². The summed E-state index contributed by atoms with van der Waals surface area (Å²) in [6.07, 6.45) is 0.639. The lowest BCUT2D eigenvalue weighted by atomic mass is 9.83. The van der Waals surface area contributed by atoms with E-state index in [4.69, 9.17) is 0 Å². The van der Waals surface area contributed by atoms with Crippen LogP contribution in [0.4, 0.5) is 0 Å². The summed E-state index contributed by atoms with van der Waals surface area (Å²) in [5.41, 5.74) is -0.279. The zero-order valence-electron chi connectivity index (χ0n) is 12.5. The molecule has 4 nitrogen and oxygen atoms in total. The second kappa shape index (κ2) is 5.56. The number of carbonyl (C=O) groups excluding carboxylic acids is 2. The van der Waals surface area contributed by atoms with Gasteiger partial charge in [-0.3, -0.25) is 9.59 Å². The number of rotatable bonds is 3. The van der Waals surface area contributed by atoms with Gasteiger partial charge in [0.15, 0.2) is 0 Å². The highest BCUT2D eigenvalue weighted by Gasteiger charge is 2.44. The molecule has 0 aromatic carbocycles. The predicted octanol–water partition coefficient (Wildman–Crippen LogP) is 2.40. The Labute approximate surface area is 124 Å². The molecule has 5 heteroatoms. The van der Waals surface area contributed by atoms with Crippen LogP contribution in [0, 0.1) is 5.41 Å². The monoisotopic (exact) mass is 294 g/mol. The van der Waals surface area contributed by atoms with Gasteiger partial charge in [-0.25, -0.2) is 0 Å². The van der Waals surface area contributed by atoms with Crippen LogP contribution in [0.15, 0.2) is 17.5 Å². The normalized spacial score (nSPS) is 23.9. The summed E-state index contributed by atoms with van der Waals surface area (Å²) in [5.74, 6) is -0.0130. The lowest BCUT2D eigenvalue weighted by Crippen LogP contribution is -2.66. The maximum absolute atomic E-state index is 12.7. The maximum atomic E-state index is 12.7. The standard InChI is InChI=1S/C15H22N2O2S/c1-5-11-13(18)16-12(15(2,3)4)14(19)17(11)9-10-7-6-8-20-10/h6-8,11-12H,5,9H2,1-4H3,(H,16,18). The van der Waals surface area contributed by atoms with Crippen molar-refractivity contribution in [2.24, 2.45) is 5.41 Å². The Morgan fingerprint density at radius 3 is 2.55 bits per heavy atom. The van der Waals surface area contributed by atoms with Crippen LogP contribution in [0.2, 0.25) is 0 Å². The lowest BCUT2D eigenvalue weighted by molar-refractivity contribution is -0.153. The summed E-state index contributed by atoms with van der Waals surface area (Å²) in [6.45, 7) is 8.40. The molecule has 0 radical (unpaired) electrons.